The highest BCUT2D eigenvalue weighted by molar-refractivity contribution is 7.99. The van der Waals surface area contributed by atoms with E-state index in [0.29, 0.717) is 22.3 Å². The predicted molar refractivity (Wildman–Crippen MR) is 79.9 cm³/mol. The van der Waals surface area contributed by atoms with E-state index in [1.807, 2.05) is 0 Å². The molecule has 2 aromatic rings. The first-order valence-corrected chi connectivity index (χ1v) is 7.15. The number of hydrogen-bond donors (Lipinski definition) is 4. The molecule has 1 aromatic carbocycles. The molecule has 1 aromatic heterocycles. The molecule has 1 aliphatic rings. The van der Waals surface area contributed by atoms with Crippen LogP contribution in [0.1, 0.15) is 0 Å². The minimum absolute atomic E-state index is 0.119. The Kier molecular flexibility index (Phi) is 3.89. The average Bonchev–Trinajstić information content (AvgIpc) is 3.11. The number of benzene rings is 1. The lowest BCUT2D eigenvalue weighted by atomic mass is 10.3. The molecule has 0 atom stereocenters. The summed E-state index contributed by atoms with van der Waals surface area (Å²) in [7, 11) is 0. The zero-order chi connectivity index (χ0) is 15.5. The average molecular weight is 323 g/mol. The Morgan fingerprint density at radius 1 is 1.36 bits per heavy atom. The Balaban J connectivity index is 1.57. The van der Waals surface area contributed by atoms with Crippen molar-refractivity contribution in [3.8, 4) is 11.5 Å². The van der Waals surface area contributed by atoms with Gasteiger partial charge in [-0.3, -0.25) is 10.2 Å². The molecule has 2 heterocycles. The molecule has 11 heteroatoms. The smallest absolute Gasteiger partial charge is 0.258 e. The number of nitrogen functional groups attached to an aromatic ring is 2. The minimum Gasteiger partial charge on any atom is -0.454 e. The number of anilines is 2. The predicted octanol–water partition coefficient (Wildman–Crippen LogP) is -0.263. The minimum atomic E-state index is -0.214. The normalized spacial score (nSPS) is 12.2. The fourth-order valence-electron chi connectivity index (χ4n) is 1.78. The molecule has 1 aliphatic heterocycles. The maximum atomic E-state index is 11.9. The summed E-state index contributed by atoms with van der Waals surface area (Å²) in [6.07, 6.45) is 0. The van der Waals surface area contributed by atoms with E-state index in [-0.39, 0.29) is 24.4 Å². The summed E-state index contributed by atoms with van der Waals surface area (Å²) in [5.74, 6) is 12.3. The van der Waals surface area contributed by atoms with E-state index in [9.17, 15) is 4.79 Å². The van der Waals surface area contributed by atoms with Gasteiger partial charge >= 0.3 is 0 Å². The number of nitrogens with two attached hydrogens (primary N) is 2. The number of ether oxygens (including phenoxy) is 2. The van der Waals surface area contributed by atoms with Crippen LogP contribution in [0, 0.1) is 0 Å². The lowest BCUT2D eigenvalue weighted by Crippen LogP contribution is -2.19. The molecular weight excluding hydrogens is 310 g/mol. The number of rotatable bonds is 5. The van der Waals surface area contributed by atoms with Gasteiger partial charge in [0.25, 0.3) is 5.95 Å². The number of hydrogen-bond acceptors (Lipinski definition) is 9. The van der Waals surface area contributed by atoms with Crippen molar-refractivity contribution in [1.82, 2.24) is 14.9 Å². The van der Waals surface area contributed by atoms with Gasteiger partial charge in [-0.05, 0) is 12.1 Å². The lowest BCUT2D eigenvalue weighted by molar-refractivity contribution is -0.113. The van der Waals surface area contributed by atoms with Crippen LogP contribution in [0.4, 0.5) is 11.6 Å². The molecule has 0 spiro atoms. The maximum Gasteiger partial charge on any atom is 0.258 e. The monoisotopic (exact) mass is 323 g/mol. The van der Waals surface area contributed by atoms with Crippen molar-refractivity contribution in [3.05, 3.63) is 18.2 Å². The highest BCUT2D eigenvalue weighted by Gasteiger charge is 2.15. The van der Waals surface area contributed by atoms with E-state index in [1.165, 1.54) is 4.68 Å². The Hall–Kier alpha value is -2.66. The Bertz CT molecular complexity index is 705. The Morgan fingerprint density at radius 2 is 2.18 bits per heavy atom. The van der Waals surface area contributed by atoms with Crippen molar-refractivity contribution in [2.45, 2.75) is 5.16 Å². The lowest BCUT2D eigenvalue weighted by Gasteiger charge is -2.06. The first-order chi connectivity index (χ1) is 10.7. The number of hydrazine groups is 1. The molecular formula is C11H13N7O3S. The van der Waals surface area contributed by atoms with Gasteiger partial charge in [-0.1, -0.05) is 11.8 Å². The summed E-state index contributed by atoms with van der Waals surface area (Å²) in [5, 5.41) is 10.6. The summed E-state index contributed by atoms with van der Waals surface area (Å²) in [6.45, 7) is 0.187. The molecule has 10 nitrogen and oxygen atoms in total. The molecule has 0 saturated heterocycles. The van der Waals surface area contributed by atoms with Crippen molar-refractivity contribution < 1.29 is 14.3 Å². The maximum absolute atomic E-state index is 11.9. The summed E-state index contributed by atoms with van der Waals surface area (Å²) in [5.41, 5.74) is 2.91. The van der Waals surface area contributed by atoms with Gasteiger partial charge in [-0.2, -0.15) is 0 Å². The number of carbonyl (C=O) groups is 1. The number of amides is 1. The van der Waals surface area contributed by atoms with Crippen molar-refractivity contribution >= 4 is 29.3 Å². The van der Waals surface area contributed by atoms with Crippen LogP contribution < -0.4 is 31.9 Å². The molecule has 0 bridgehead atoms. The second kappa shape index (κ2) is 5.99. The highest BCUT2D eigenvalue weighted by Crippen LogP contribution is 2.34. The van der Waals surface area contributed by atoms with Crippen molar-refractivity contribution in [3.63, 3.8) is 0 Å². The number of nitrogens with zero attached hydrogens (tertiary/aromatic N) is 3. The molecule has 3 rings (SSSR count). The van der Waals surface area contributed by atoms with E-state index >= 15 is 0 Å². The molecule has 0 saturated carbocycles. The Labute approximate surface area is 129 Å². The van der Waals surface area contributed by atoms with Crippen LogP contribution in [-0.4, -0.2) is 33.3 Å². The molecule has 0 radical (unpaired) electrons. The van der Waals surface area contributed by atoms with Gasteiger partial charge in [0.15, 0.2) is 11.5 Å². The summed E-state index contributed by atoms with van der Waals surface area (Å²) in [6, 6.07) is 5.17. The number of nitrogens with one attached hydrogen (secondary N) is 2. The number of aromatic nitrogens is 3. The van der Waals surface area contributed by atoms with Crippen LogP contribution in [0.5, 0.6) is 11.5 Å². The van der Waals surface area contributed by atoms with Gasteiger partial charge in [0.2, 0.25) is 17.9 Å². The van der Waals surface area contributed by atoms with Crippen LogP contribution >= 0.6 is 11.8 Å². The van der Waals surface area contributed by atoms with Crippen LogP contribution in [0.15, 0.2) is 23.4 Å². The Morgan fingerprint density at radius 3 is 2.95 bits per heavy atom. The van der Waals surface area contributed by atoms with E-state index in [2.05, 4.69) is 20.9 Å². The topological polar surface area (TPSA) is 142 Å². The highest BCUT2D eigenvalue weighted by atomic mass is 32.2. The van der Waals surface area contributed by atoms with E-state index < -0.39 is 0 Å². The van der Waals surface area contributed by atoms with Crippen molar-refractivity contribution in [2.24, 2.45) is 5.84 Å². The molecule has 0 aliphatic carbocycles. The van der Waals surface area contributed by atoms with Gasteiger partial charge in [0, 0.05) is 11.8 Å². The fraction of sp³-hybridized carbons (Fsp3) is 0.182. The van der Waals surface area contributed by atoms with Crippen LogP contribution in [-0.2, 0) is 4.79 Å². The molecule has 0 fully saturated rings. The molecule has 116 valence electrons. The summed E-state index contributed by atoms with van der Waals surface area (Å²) < 4.78 is 11.6. The zero-order valence-corrected chi connectivity index (χ0v) is 12.1. The summed E-state index contributed by atoms with van der Waals surface area (Å²) >= 11 is 1.14. The van der Waals surface area contributed by atoms with Gasteiger partial charge in [0.05, 0.1) is 5.75 Å². The third-order valence-electron chi connectivity index (χ3n) is 2.78. The SMILES string of the molecule is NNc1nnc(SCC(=O)Nc2ccc3c(c2)OCO3)n1N. The number of thioether (sulfide) groups is 1. The standard InChI is InChI=1S/C11H13N7O3S/c12-15-10-16-17-11(18(10)13)22-4-9(19)14-6-1-2-7-8(3-6)21-5-20-7/h1-3H,4-5,12-13H2,(H,14,19)(H,15,16). The molecule has 0 unspecified atom stereocenters. The first-order valence-electron chi connectivity index (χ1n) is 6.17. The van der Waals surface area contributed by atoms with Gasteiger partial charge in [-0.25, -0.2) is 10.5 Å². The number of carbonyl (C=O) groups excluding carboxylic acids is 1. The second-order valence-electron chi connectivity index (χ2n) is 4.23. The van der Waals surface area contributed by atoms with Crippen LogP contribution in [0.25, 0.3) is 0 Å². The quantitative estimate of drug-likeness (QED) is 0.332. The second-order valence-corrected chi connectivity index (χ2v) is 5.17. The van der Waals surface area contributed by atoms with E-state index in [4.69, 9.17) is 21.2 Å². The zero-order valence-electron chi connectivity index (χ0n) is 11.3. The van der Waals surface area contributed by atoms with E-state index in [0.717, 1.165) is 11.8 Å². The molecule has 22 heavy (non-hydrogen) atoms. The van der Waals surface area contributed by atoms with E-state index in [1.54, 1.807) is 18.2 Å². The largest absolute Gasteiger partial charge is 0.454 e. The summed E-state index contributed by atoms with van der Waals surface area (Å²) in [4.78, 5) is 11.9. The fourth-order valence-corrected chi connectivity index (χ4v) is 2.43. The van der Waals surface area contributed by atoms with Crippen LogP contribution in [0.2, 0.25) is 0 Å². The van der Waals surface area contributed by atoms with Crippen LogP contribution in [0.3, 0.4) is 0 Å². The van der Waals surface area contributed by atoms with Gasteiger partial charge in [-0.15, -0.1) is 10.2 Å². The van der Waals surface area contributed by atoms with Crippen molar-refractivity contribution in [1.29, 1.82) is 0 Å². The molecule has 1 amide bonds. The number of fused-ring (bicyclic) bond motifs is 1. The third-order valence-corrected chi connectivity index (χ3v) is 3.73. The third kappa shape index (κ3) is 2.84. The first kappa shape index (κ1) is 14.3. The van der Waals surface area contributed by atoms with Crippen molar-refractivity contribution in [2.75, 3.05) is 29.1 Å². The molecule has 6 N–H and O–H groups in total. The van der Waals surface area contributed by atoms with Gasteiger partial charge < -0.3 is 20.6 Å². The van der Waals surface area contributed by atoms with Gasteiger partial charge in [0.1, 0.15) is 0 Å².